The molecule has 0 amide bonds. The minimum Gasteiger partial charge on any atom is -0.432 e. The Bertz CT molecular complexity index is 2020. The maximum absolute atomic E-state index is 14.7. The quantitative estimate of drug-likeness (QED) is 0.235. The van der Waals surface area contributed by atoms with Gasteiger partial charge in [0.05, 0.1) is 17.0 Å². The second-order valence-electron chi connectivity index (χ2n) is 9.29. The molecule has 0 saturated carbocycles. The van der Waals surface area contributed by atoms with Crippen molar-refractivity contribution in [2.24, 2.45) is 0 Å². The number of nitrogens with two attached hydrogens (primary N) is 1. The molecule has 6 rings (SSSR count). The Morgan fingerprint density at radius 3 is 2.59 bits per heavy atom. The van der Waals surface area contributed by atoms with Crippen molar-refractivity contribution in [3.05, 3.63) is 93.5 Å². The third-order valence-electron chi connectivity index (χ3n) is 6.78. The van der Waals surface area contributed by atoms with E-state index in [-0.39, 0.29) is 28.2 Å². The van der Waals surface area contributed by atoms with Crippen LogP contribution in [0.5, 0.6) is 5.75 Å². The van der Waals surface area contributed by atoms with Gasteiger partial charge in [0.25, 0.3) is 5.56 Å². The third-order valence-corrected chi connectivity index (χ3v) is 7.78. The number of alkyl halides is 2. The molecule has 2 N–H and O–H groups in total. The van der Waals surface area contributed by atoms with Crippen LogP contribution < -0.4 is 16.0 Å². The van der Waals surface area contributed by atoms with Crippen LogP contribution in [0.1, 0.15) is 24.2 Å². The van der Waals surface area contributed by atoms with Gasteiger partial charge in [-0.1, -0.05) is 12.1 Å². The second-order valence-corrected chi connectivity index (χ2v) is 10.2. The first-order valence-corrected chi connectivity index (χ1v) is 13.1. The molecule has 0 fully saturated rings. The molecule has 0 radical (unpaired) electrons. The zero-order valence-corrected chi connectivity index (χ0v) is 22.3. The first-order chi connectivity index (χ1) is 19.6. The Morgan fingerprint density at radius 2 is 1.85 bits per heavy atom. The van der Waals surface area contributed by atoms with E-state index in [2.05, 4.69) is 14.7 Å². The SMILES string of the molecule is Cc1csc2cc(C(C)n3nc(-c4ccc(OC(F)F)c(F)c4)c4c(N)ncnc43)c(-c3cccc(F)c3)c(=O)n12. The van der Waals surface area contributed by atoms with Crippen LogP contribution in [-0.2, 0) is 0 Å². The number of aromatic nitrogens is 5. The molecule has 208 valence electrons. The number of nitrogen functional groups attached to an aromatic ring is 1. The summed E-state index contributed by atoms with van der Waals surface area (Å²) in [5.74, 6) is -2.08. The van der Waals surface area contributed by atoms with Gasteiger partial charge in [0.2, 0.25) is 0 Å². The van der Waals surface area contributed by atoms with Crippen LogP contribution in [0.2, 0.25) is 0 Å². The summed E-state index contributed by atoms with van der Waals surface area (Å²) in [6.07, 6.45) is 1.25. The summed E-state index contributed by atoms with van der Waals surface area (Å²) in [4.78, 5) is 22.9. The van der Waals surface area contributed by atoms with Crippen molar-refractivity contribution in [2.45, 2.75) is 26.5 Å². The number of hydrogen-bond donors (Lipinski definition) is 1. The number of halogens is 4. The van der Waals surface area contributed by atoms with Gasteiger partial charge in [-0.3, -0.25) is 9.20 Å². The maximum atomic E-state index is 14.7. The lowest BCUT2D eigenvalue weighted by Gasteiger charge is -2.18. The summed E-state index contributed by atoms with van der Waals surface area (Å²) in [6.45, 7) is 0.414. The fraction of sp³-hybridized carbons (Fsp3) is 0.143. The molecule has 2 aromatic carbocycles. The van der Waals surface area contributed by atoms with Crippen molar-refractivity contribution in [1.82, 2.24) is 24.1 Å². The third kappa shape index (κ3) is 4.47. The number of rotatable bonds is 6. The average Bonchev–Trinajstić information content (AvgIpc) is 3.51. The van der Waals surface area contributed by atoms with E-state index in [4.69, 9.17) is 10.8 Å². The van der Waals surface area contributed by atoms with Crippen molar-refractivity contribution in [3.8, 4) is 28.1 Å². The maximum Gasteiger partial charge on any atom is 0.387 e. The van der Waals surface area contributed by atoms with Crippen molar-refractivity contribution in [3.63, 3.8) is 0 Å². The molecular formula is C28H20F4N6O2S. The van der Waals surface area contributed by atoms with Gasteiger partial charge < -0.3 is 10.5 Å². The molecule has 4 aromatic heterocycles. The lowest BCUT2D eigenvalue weighted by Crippen LogP contribution is -2.21. The highest BCUT2D eigenvalue weighted by atomic mass is 32.1. The van der Waals surface area contributed by atoms with Crippen LogP contribution in [0.25, 0.3) is 38.2 Å². The smallest absolute Gasteiger partial charge is 0.387 e. The topological polar surface area (TPSA) is 100 Å². The van der Waals surface area contributed by atoms with Crippen LogP contribution in [0.4, 0.5) is 23.4 Å². The molecule has 0 aliphatic heterocycles. The van der Waals surface area contributed by atoms with E-state index in [9.17, 15) is 22.4 Å². The van der Waals surface area contributed by atoms with Gasteiger partial charge in [0, 0.05) is 16.6 Å². The average molecular weight is 581 g/mol. The van der Waals surface area contributed by atoms with Crippen LogP contribution in [-0.4, -0.2) is 30.8 Å². The van der Waals surface area contributed by atoms with E-state index in [1.807, 2.05) is 18.4 Å². The number of fused-ring (bicyclic) bond motifs is 2. The van der Waals surface area contributed by atoms with Crippen LogP contribution in [0, 0.1) is 18.6 Å². The number of thiazole rings is 1. The number of benzene rings is 2. The Balaban J connectivity index is 1.59. The van der Waals surface area contributed by atoms with E-state index in [1.54, 1.807) is 17.4 Å². The van der Waals surface area contributed by atoms with E-state index in [0.29, 0.717) is 27.0 Å². The molecule has 41 heavy (non-hydrogen) atoms. The van der Waals surface area contributed by atoms with Crippen LogP contribution in [0.3, 0.4) is 0 Å². The molecule has 1 unspecified atom stereocenters. The fourth-order valence-electron chi connectivity index (χ4n) is 4.93. The summed E-state index contributed by atoms with van der Waals surface area (Å²) < 4.78 is 61.6. The van der Waals surface area contributed by atoms with Crippen molar-refractivity contribution in [1.29, 1.82) is 0 Å². The molecule has 0 aliphatic carbocycles. The standard InChI is InChI=1S/C28H20F4N6O2S/c1-13-11-41-21-10-18(22(27(39)37(13)21)15-4-3-5-17(29)8-15)14(2)38-26-23(25(33)34-12-35-26)24(36-38)16-6-7-20(19(30)9-16)40-28(31)32/h3-12,14,28H,1-2H3,(H2,33,34,35). The molecule has 0 saturated heterocycles. The fourth-order valence-corrected chi connectivity index (χ4v) is 5.85. The largest absolute Gasteiger partial charge is 0.432 e. The predicted octanol–water partition coefficient (Wildman–Crippen LogP) is 6.21. The van der Waals surface area contributed by atoms with Gasteiger partial charge in [0.15, 0.2) is 17.2 Å². The first kappa shape index (κ1) is 26.4. The summed E-state index contributed by atoms with van der Waals surface area (Å²) >= 11 is 1.38. The number of anilines is 1. The normalized spacial score (nSPS) is 12.5. The summed E-state index contributed by atoms with van der Waals surface area (Å²) in [7, 11) is 0. The highest BCUT2D eigenvalue weighted by molar-refractivity contribution is 7.15. The van der Waals surface area contributed by atoms with E-state index in [0.717, 1.165) is 17.8 Å². The Labute approximate surface area is 233 Å². The van der Waals surface area contributed by atoms with Gasteiger partial charge in [-0.25, -0.2) is 23.4 Å². The van der Waals surface area contributed by atoms with E-state index < -0.39 is 30.0 Å². The van der Waals surface area contributed by atoms with Crippen LogP contribution >= 0.6 is 11.3 Å². The molecule has 8 nitrogen and oxygen atoms in total. The lowest BCUT2D eigenvalue weighted by molar-refractivity contribution is -0.0521. The molecule has 0 spiro atoms. The lowest BCUT2D eigenvalue weighted by atomic mass is 9.97. The van der Waals surface area contributed by atoms with Gasteiger partial charge in [-0.15, -0.1) is 11.3 Å². The van der Waals surface area contributed by atoms with Crippen LogP contribution in [0.15, 0.2) is 65.0 Å². The molecule has 0 bridgehead atoms. The van der Waals surface area contributed by atoms with Gasteiger partial charge >= 0.3 is 6.61 Å². The Hall–Kier alpha value is -4.78. The number of pyridine rings is 1. The highest BCUT2D eigenvalue weighted by Gasteiger charge is 2.26. The summed E-state index contributed by atoms with van der Waals surface area (Å²) in [5.41, 5.74) is 8.54. The summed E-state index contributed by atoms with van der Waals surface area (Å²) in [6, 6.07) is 10.4. The van der Waals surface area contributed by atoms with E-state index in [1.165, 1.54) is 46.6 Å². The van der Waals surface area contributed by atoms with Crippen molar-refractivity contribution < 1.29 is 22.3 Å². The minimum atomic E-state index is -3.19. The number of nitrogens with zero attached hydrogens (tertiary/aromatic N) is 5. The van der Waals surface area contributed by atoms with Gasteiger partial charge in [-0.05, 0) is 61.4 Å². The highest BCUT2D eigenvalue weighted by Crippen LogP contribution is 2.37. The molecule has 6 aromatic rings. The number of aryl methyl sites for hydroxylation is 1. The van der Waals surface area contributed by atoms with E-state index >= 15 is 0 Å². The molecule has 13 heteroatoms. The molecule has 1 atom stereocenters. The van der Waals surface area contributed by atoms with Crippen molar-refractivity contribution >= 4 is 33.0 Å². The zero-order chi connectivity index (χ0) is 29.0. The minimum absolute atomic E-state index is 0.0616. The Kier molecular flexibility index (Phi) is 6.45. The Morgan fingerprint density at radius 1 is 1.05 bits per heavy atom. The first-order valence-electron chi connectivity index (χ1n) is 12.3. The monoisotopic (exact) mass is 580 g/mol. The second kappa shape index (κ2) is 10.0. The molecular weight excluding hydrogens is 560 g/mol. The number of ether oxygens (including phenoxy) is 1. The number of hydrogen-bond acceptors (Lipinski definition) is 7. The van der Waals surface area contributed by atoms with Gasteiger partial charge in [0.1, 0.15) is 28.5 Å². The zero-order valence-electron chi connectivity index (χ0n) is 21.5. The van der Waals surface area contributed by atoms with Crippen molar-refractivity contribution in [2.75, 3.05) is 5.73 Å². The predicted molar refractivity (Wildman–Crippen MR) is 147 cm³/mol. The summed E-state index contributed by atoms with van der Waals surface area (Å²) in [5, 5.41) is 6.85. The molecule has 0 aliphatic rings. The molecule has 4 heterocycles. The van der Waals surface area contributed by atoms with Gasteiger partial charge in [-0.2, -0.15) is 13.9 Å².